The van der Waals surface area contributed by atoms with Crippen LogP contribution >= 0.6 is 0 Å². The number of hydrogen-bond acceptors (Lipinski definition) is 4. The molecule has 0 N–H and O–H groups in total. The van der Waals surface area contributed by atoms with E-state index in [4.69, 9.17) is 13.9 Å². The Morgan fingerprint density at radius 2 is 1.94 bits per heavy atom. The zero-order valence-electron chi connectivity index (χ0n) is 9.37. The number of hydrogen-bond donors (Lipinski definition) is 0. The van der Waals surface area contributed by atoms with Crippen molar-refractivity contribution in [3.8, 4) is 11.5 Å². The van der Waals surface area contributed by atoms with Gasteiger partial charge in [-0.1, -0.05) is 0 Å². The van der Waals surface area contributed by atoms with Crippen molar-refractivity contribution in [1.82, 2.24) is 0 Å². The summed E-state index contributed by atoms with van der Waals surface area (Å²) in [5, 5.41) is 0.764. The lowest BCUT2D eigenvalue weighted by Gasteiger charge is -2.07. The van der Waals surface area contributed by atoms with Crippen molar-refractivity contribution in [3.05, 3.63) is 34.2 Å². The molecular formula is C12H12O4. The van der Waals surface area contributed by atoms with E-state index in [0.717, 1.165) is 5.39 Å². The summed E-state index contributed by atoms with van der Waals surface area (Å²) in [7, 11) is 3.09. The molecule has 2 aromatic rings. The molecule has 0 aliphatic carbocycles. The van der Waals surface area contributed by atoms with E-state index in [-0.39, 0.29) is 0 Å². The third-order valence-electron chi connectivity index (χ3n) is 2.49. The molecule has 1 aromatic carbocycles. The summed E-state index contributed by atoms with van der Waals surface area (Å²) in [5.74, 6) is 1.19. The topological polar surface area (TPSA) is 48.7 Å². The van der Waals surface area contributed by atoms with Crippen LogP contribution < -0.4 is 15.1 Å². The monoisotopic (exact) mass is 220 g/mol. The highest BCUT2D eigenvalue weighted by Gasteiger charge is 2.11. The molecule has 0 spiro atoms. The summed E-state index contributed by atoms with van der Waals surface area (Å²) in [6, 6.07) is 5.27. The van der Waals surface area contributed by atoms with Crippen molar-refractivity contribution in [2.45, 2.75) is 6.92 Å². The van der Waals surface area contributed by atoms with Gasteiger partial charge in [-0.15, -0.1) is 0 Å². The van der Waals surface area contributed by atoms with Gasteiger partial charge < -0.3 is 13.9 Å². The Morgan fingerprint density at radius 1 is 1.19 bits per heavy atom. The number of rotatable bonds is 2. The molecule has 0 fully saturated rings. The van der Waals surface area contributed by atoms with E-state index >= 15 is 0 Å². The Kier molecular flexibility index (Phi) is 2.56. The fraction of sp³-hybridized carbons (Fsp3) is 0.250. The zero-order valence-corrected chi connectivity index (χ0v) is 9.37. The number of fused-ring (bicyclic) bond motifs is 1. The third kappa shape index (κ3) is 1.52. The van der Waals surface area contributed by atoms with Gasteiger partial charge >= 0.3 is 5.63 Å². The minimum Gasteiger partial charge on any atom is -0.497 e. The van der Waals surface area contributed by atoms with Gasteiger partial charge in [-0.3, -0.25) is 0 Å². The molecule has 4 nitrogen and oxygen atoms in total. The summed E-state index contributed by atoms with van der Waals surface area (Å²) < 4.78 is 15.4. The van der Waals surface area contributed by atoms with E-state index in [9.17, 15) is 4.79 Å². The minimum atomic E-state index is -0.391. The Hall–Kier alpha value is -1.97. The second-order valence-electron chi connectivity index (χ2n) is 3.41. The van der Waals surface area contributed by atoms with Crippen LogP contribution in [0.15, 0.2) is 27.4 Å². The molecule has 0 bridgehead atoms. The average molecular weight is 220 g/mol. The molecule has 2 rings (SSSR count). The fourth-order valence-corrected chi connectivity index (χ4v) is 1.64. The van der Waals surface area contributed by atoms with Gasteiger partial charge in [-0.2, -0.15) is 0 Å². The highest BCUT2D eigenvalue weighted by molar-refractivity contribution is 5.85. The smallest absolute Gasteiger partial charge is 0.342 e. The standard InChI is InChI=1S/C12H12O4/c1-7-11(15-3)9-5-4-8(14-2)6-10(9)16-12(7)13/h4-6H,1-3H3. The predicted molar refractivity (Wildman–Crippen MR) is 60.3 cm³/mol. The molecule has 0 radical (unpaired) electrons. The lowest BCUT2D eigenvalue weighted by Crippen LogP contribution is -2.05. The van der Waals surface area contributed by atoms with Crippen LogP contribution in [0.25, 0.3) is 11.0 Å². The van der Waals surface area contributed by atoms with E-state index in [1.807, 2.05) is 6.07 Å². The highest BCUT2D eigenvalue weighted by Crippen LogP contribution is 2.29. The molecule has 0 atom stereocenters. The molecule has 0 aliphatic rings. The Morgan fingerprint density at radius 3 is 2.56 bits per heavy atom. The van der Waals surface area contributed by atoms with E-state index < -0.39 is 5.63 Å². The van der Waals surface area contributed by atoms with E-state index in [1.165, 1.54) is 7.11 Å². The normalized spacial score (nSPS) is 10.4. The second-order valence-corrected chi connectivity index (χ2v) is 3.41. The molecular weight excluding hydrogens is 208 g/mol. The van der Waals surface area contributed by atoms with Crippen molar-refractivity contribution in [2.24, 2.45) is 0 Å². The van der Waals surface area contributed by atoms with Crippen LogP contribution in [-0.2, 0) is 0 Å². The van der Waals surface area contributed by atoms with Crippen molar-refractivity contribution in [3.63, 3.8) is 0 Å². The van der Waals surface area contributed by atoms with Gasteiger partial charge in [0.15, 0.2) is 0 Å². The maximum Gasteiger partial charge on any atom is 0.342 e. The van der Waals surface area contributed by atoms with Crippen molar-refractivity contribution in [1.29, 1.82) is 0 Å². The number of benzene rings is 1. The summed E-state index contributed by atoms with van der Waals surface area (Å²) in [6.45, 7) is 1.67. The molecule has 0 saturated heterocycles. The van der Waals surface area contributed by atoms with Crippen LogP contribution in [0.4, 0.5) is 0 Å². The summed E-state index contributed by atoms with van der Waals surface area (Å²) >= 11 is 0. The molecule has 4 heteroatoms. The van der Waals surface area contributed by atoms with Crippen molar-refractivity contribution < 1.29 is 13.9 Å². The number of ether oxygens (including phenoxy) is 2. The Balaban J connectivity index is 2.85. The first-order valence-electron chi connectivity index (χ1n) is 4.83. The van der Waals surface area contributed by atoms with Crippen LogP contribution in [-0.4, -0.2) is 14.2 Å². The first-order chi connectivity index (χ1) is 7.67. The molecule has 1 aromatic heterocycles. The Labute approximate surface area is 92.4 Å². The van der Waals surface area contributed by atoms with Gasteiger partial charge in [0.25, 0.3) is 0 Å². The van der Waals surface area contributed by atoms with Crippen LogP contribution in [0, 0.1) is 6.92 Å². The average Bonchev–Trinajstić information content (AvgIpc) is 2.30. The van der Waals surface area contributed by atoms with Gasteiger partial charge in [-0.05, 0) is 19.1 Å². The van der Waals surface area contributed by atoms with Gasteiger partial charge in [0.05, 0.1) is 25.2 Å². The fourth-order valence-electron chi connectivity index (χ4n) is 1.64. The van der Waals surface area contributed by atoms with Crippen LogP contribution in [0.1, 0.15) is 5.56 Å². The number of methoxy groups -OCH3 is 2. The lowest BCUT2D eigenvalue weighted by atomic mass is 10.1. The first-order valence-corrected chi connectivity index (χ1v) is 4.83. The van der Waals surface area contributed by atoms with Gasteiger partial charge in [-0.25, -0.2) is 4.79 Å². The minimum absolute atomic E-state index is 0.391. The molecule has 0 amide bonds. The molecule has 0 unspecified atom stereocenters. The maximum absolute atomic E-state index is 11.5. The van der Waals surface area contributed by atoms with E-state index in [2.05, 4.69) is 0 Å². The van der Waals surface area contributed by atoms with Crippen molar-refractivity contribution in [2.75, 3.05) is 14.2 Å². The summed E-state index contributed by atoms with van der Waals surface area (Å²) in [4.78, 5) is 11.5. The van der Waals surface area contributed by atoms with Crippen LogP contribution in [0.2, 0.25) is 0 Å². The van der Waals surface area contributed by atoms with Gasteiger partial charge in [0, 0.05) is 6.07 Å². The lowest BCUT2D eigenvalue weighted by molar-refractivity contribution is 0.405. The van der Waals surface area contributed by atoms with Gasteiger partial charge in [0.2, 0.25) is 0 Å². The molecule has 1 heterocycles. The highest BCUT2D eigenvalue weighted by atomic mass is 16.5. The first kappa shape index (κ1) is 10.5. The maximum atomic E-state index is 11.5. The van der Waals surface area contributed by atoms with E-state index in [1.54, 1.807) is 26.2 Å². The van der Waals surface area contributed by atoms with Crippen molar-refractivity contribution >= 4 is 11.0 Å². The molecule has 84 valence electrons. The van der Waals surface area contributed by atoms with Gasteiger partial charge in [0.1, 0.15) is 17.1 Å². The summed E-state index contributed by atoms with van der Waals surface area (Å²) in [6.07, 6.45) is 0. The molecule has 16 heavy (non-hydrogen) atoms. The molecule has 0 aliphatic heterocycles. The van der Waals surface area contributed by atoms with Crippen LogP contribution in [0.3, 0.4) is 0 Å². The quantitative estimate of drug-likeness (QED) is 0.727. The SMILES string of the molecule is COc1ccc2c(OC)c(C)c(=O)oc2c1. The largest absolute Gasteiger partial charge is 0.497 e. The van der Waals surface area contributed by atoms with E-state index in [0.29, 0.717) is 22.6 Å². The second kappa shape index (κ2) is 3.89. The third-order valence-corrected chi connectivity index (χ3v) is 2.49. The zero-order chi connectivity index (χ0) is 11.7. The predicted octanol–water partition coefficient (Wildman–Crippen LogP) is 2.12. The van der Waals surface area contributed by atoms with Crippen LogP contribution in [0.5, 0.6) is 11.5 Å². The summed E-state index contributed by atoms with van der Waals surface area (Å²) in [5.41, 5.74) is 0.546. The Bertz CT molecular complexity index is 583. The molecule has 0 saturated carbocycles.